The largest absolute Gasteiger partial charge is 0.465 e. The average molecular weight is 216 g/mol. The van der Waals surface area contributed by atoms with Crippen molar-refractivity contribution in [2.45, 2.75) is 0 Å². The molecular formula is C12H12N2O2. The van der Waals surface area contributed by atoms with E-state index in [0.29, 0.717) is 5.69 Å². The first-order valence-electron chi connectivity index (χ1n) is 4.69. The average Bonchev–Trinajstić information content (AvgIpc) is 2.32. The van der Waals surface area contributed by atoms with Gasteiger partial charge < -0.3 is 5.11 Å². The van der Waals surface area contributed by atoms with Crippen LogP contribution in [0.5, 0.6) is 0 Å². The van der Waals surface area contributed by atoms with E-state index in [1.807, 2.05) is 24.3 Å². The number of aromatic nitrogens is 1. The van der Waals surface area contributed by atoms with Crippen LogP contribution < -0.4 is 5.32 Å². The van der Waals surface area contributed by atoms with Gasteiger partial charge in [-0.25, -0.2) is 4.79 Å². The van der Waals surface area contributed by atoms with E-state index in [0.717, 1.165) is 0 Å². The van der Waals surface area contributed by atoms with Crippen molar-refractivity contribution in [3.05, 3.63) is 60.9 Å². The maximum Gasteiger partial charge on any atom is 0.409 e. The van der Waals surface area contributed by atoms with Gasteiger partial charge in [-0.15, -0.1) is 0 Å². The first-order valence-corrected chi connectivity index (χ1v) is 4.69. The number of carbonyl (C=O) groups is 1. The van der Waals surface area contributed by atoms with Gasteiger partial charge in [0.25, 0.3) is 0 Å². The standard InChI is InChI=1S/C7H7NO2.C5H5N/c9-7(10)8-6-4-2-1-3-5-6;1-2-4-6-5-3-1/h1-5,8H,(H,9,10);1-5H. The predicted molar refractivity (Wildman–Crippen MR) is 62.3 cm³/mol. The molecule has 1 amide bonds. The third-order valence-corrected chi connectivity index (χ3v) is 1.59. The molecule has 1 heterocycles. The van der Waals surface area contributed by atoms with Crippen LogP contribution in [0, 0.1) is 0 Å². The molecule has 1 aromatic carbocycles. The van der Waals surface area contributed by atoms with E-state index in [1.54, 1.807) is 36.7 Å². The monoisotopic (exact) mass is 216 g/mol. The molecule has 0 atom stereocenters. The Morgan fingerprint density at radius 3 is 1.94 bits per heavy atom. The van der Waals surface area contributed by atoms with Crippen LogP contribution in [0.3, 0.4) is 0 Å². The van der Waals surface area contributed by atoms with E-state index in [-0.39, 0.29) is 0 Å². The summed E-state index contributed by atoms with van der Waals surface area (Å²) in [5.74, 6) is 0. The molecule has 0 aliphatic rings. The van der Waals surface area contributed by atoms with E-state index in [2.05, 4.69) is 10.3 Å². The maximum absolute atomic E-state index is 10.1. The van der Waals surface area contributed by atoms with Crippen LogP contribution in [-0.2, 0) is 0 Å². The zero-order valence-electron chi connectivity index (χ0n) is 8.58. The molecule has 0 saturated heterocycles. The molecule has 2 N–H and O–H groups in total. The second-order valence-corrected chi connectivity index (χ2v) is 2.82. The molecule has 0 aliphatic heterocycles. The molecular weight excluding hydrogens is 204 g/mol. The van der Waals surface area contributed by atoms with E-state index in [9.17, 15) is 4.79 Å². The molecule has 2 rings (SSSR count). The minimum Gasteiger partial charge on any atom is -0.465 e. The number of para-hydroxylation sites is 1. The lowest BCUT2D eigenvalue weighted by molar-refractivity contribution is 0.210. The summed E-state index contributed by atoms with van der Waals surface area (Å²) in [6.45, 7) is 0. The van der Waals surface area contributed by atoms with Crippen LogP contribution in [0.1, 0.15) is 0 Å². The summed E-state index contributed by atoms with van der Waals surface area (Å²) in [7, 11) is 0. The van der Waals surface area contributed by atoms with Gasteiger partial charge in [0.15, 0.2) is 0 Å². The van der Waals surface area contributed by atoms with Crippen molar-refractivity contribution in [1.29, 1.82) is 0 Å². The number of amides is 1. The lowest BCUT2D eigenvalue weighted by atomic mass is 10.3. The Kier molecular flexibility index (Phi) is 5.13. The number of hydrogen-bond donors (Lipinski definition) is 2. The van der Waals surface area contributed by atoms with Gasteiger partial charge in [-0.3, -0.25) is 10.3 Å². The Morgan fingerprint density at radius 2 is 1.56 bits per heavy atom. The molecule has 0 aliphatic carbocycles. The molecule has 0 fully saturated rings. The van der Waals surface area contributed by atoms with Crippen LogP contribution in [0.4, 0.5) is 10.5 Å². The van der Waals surface area contributed by atoms with Crippen molar-refractivity contribution in [3.63, 3.8) is 0 Å². The first kappa shape index (κ1) is 11.7. The van der Waals surface area contributed by atoms with E-state index < -0.39 is 6.09 Å². The minimum atomic E-state index is -1.04. The van der Waals surface area contributed by atoms with Crippen LogP contribution in [0.25, 0.3) is 0 Å². The summed E-state index contributed by atoms with van der Waals surface area (Å²) < 4.78 is 0. The molecule has 0 spiro atoms. The van der Waals surface area contributed by atoms with Crippen LogP contribution in [0.2, 0.25) is 0 Å². The highest BCUT2D eigenvalue weighted by Crippen LogP contribution is 2.03. The van der Waals surface area contributed by atoms with Gasteiger partial charge >= 0.3 is 6.09 Å². The summed E-state index contributed by atoms with van der Waals surface area (Å²) in [5, 5.41) is 10.5. The molecule has 82 valence electrons. The van der Waals surface area contributed by atoms with Gasteiger partial charge in [-0.05, 0) is 24.3 Å². The third-order valence-electron chi connectivity index (χ3n) is 1.59. The summed E-state index contributed by atoms with van der Waals surface area (Å²) in [6, 6.07) is 14.5. The zero-order chi connectivity index (χ0) is 11.6. The Balaban J connectivity index is 0.000000181. The third kappa shape index (κ3) is 5.39. The molecule has 1 aromatic heterocycles. The maximum atomic E-state index is 10.1. The number of carboxylic acid groups (broad SMARTS) is 1. The fourth-order valence-corrected chi connectivity index (χ4v) is 0.958. The number of nitrogens with zero attached hydrogens (tertiary/aromatic N) is 1. The number of nitrogens with one attached hydrogen (secondary N) is 1. The zero-order valence-corrected chi connectivity index (χ0v) is 8.58. The SMILES string of the molecule is O=C(O)Nc1ccccc1.c1ccncc1. The van der Waals surface area contributed by atoms with Crippen molar-refractivity contribution in [3.8, 4) is 0 Å². The first-order chi connectivity index (χ1) is 7.79. The minimum absolute atomic E-state index is 0.593. The van der Waals surface area contributed by atoms with Gasteiger partial charge in [0, 0.05) is 18.1 Å². The second kappa shape index (κ2) is 7.00. The molecule has 0 saturated carbocycles. The molecule has 0 bridgehead atoms. The molecule has 4 heteroatoms. The van der Waals surface area contributed by atoms with Crippen molar-refractivity contribution >= 4 is 11.8 Å². The van der Waals surface area contributed by atoms with Crippen LogP contribution in [0.15, 0.2) is 60.9 Å². The topological polar surface area (TPSA) is 62.2 Å². The van der Waals surface area contributed by atoms with Crippen LogP contribution >= 0.6 is 0 Å². The summed E-state index contributed by atoms with van der Waals surface area (Å²) in [4.78, 5) is 13.8. The lowest BCUT2D eigenvalue weighted by Crippen LogP contribution is -2.06. The Bertz CT molecular complexity index is 377. The normalized spacial score (nSPS) is 8.50. The number of anilines is 1. The number of hydrogen-bond acceptors (Lipinski definition) is 2. The molecule has 0 unspecified atom stereocenters. The van der Waals surface area contributed by atoms with E-state index in [4.69, 9.17) is 5.11 Å². The highest BCUT2D eigenvalue weighted by atomic mass is 16.4. The predicted octanol–water partition coefficient (Wildman–Crippen LogP) is 2.86. The molecule has 2 aromatic rings. The van der Waals surface area contributed by atoms with Crippen LogP contribution in [-0.4, -0.2) is 16.2 Å². The fraction of sp³-hybridized carbons (Fsp3) is 0. The fourth-order valence-electron chi connectivity index (χ4n) is 0.958. The van der Waals surface area contributed by atoms with Crippen molar-refractivity contribution < 1.29 is 9.90 Å². The summed E-state index contributed by atoms with van der Waals surface area (Å²) in [5.41, 5.74) is 0.593. The van der Waals surface area contributed by atoms with Gasteiger partial charge in [0.05, 0.1) is 0 Å². The number of rotatable bonds is 1. The quantitative estimate of drug-likeness (QED) is 0.770. The van der Waals surface area contributed by atoms with Crippen molar-refractivity contribution in [1.82, 2.24) is 4.98 Å². The summed E-state index contributed by atoms with van der Waals surface area (Å²) in [6.07, 6.45) is 2.46. The highest BCUT2D eigenvalue weighted by molar-refractivity contribution is 5.82. The highest BCUT2D eigenvalue weighted by Gasteiger charge is 1.93. The number of benzene rings is 1. The Morgan fingerprint density at radius 1 is 1.00 bits per heavy atom. The smallest absolute Gasteiger partial charge is 0.409 e. The van der Waals surface area contributed by atoms with Gasteiger partial charge in [0.1, 0.15) is 0 Å². The molecule has 4 nitrogen and oxygen atoms in total. The van der Waals surface area contributed by atoms with Gasteiger partial charge in [-0.1, -0.05) is 24.3 Å². The molecule has 16 heavy (non-hydrogen) atoms. The number of pyridine rings is 1. The molecule has 0 radical (unpaired) electrons. The summed E-state index contributed by atoms with van der Waals surface area (Å²) >= 11 is 0. The van der Waals surface area contributed by atoms with E-state index in [1.165, 1.54) is 0 Å². The van der Waals surface area contributed by atoms with Crippen molar-refractivity contribution in [2.75, 3.05) is 5.32 Å². The Labute approximate surface area is 93.6 Å². The van der Waals surface area contributed by atoms with Gasteiger partial charge in [-0.2, -0.15) is 0 Å². The Hall–Kier alpha value is -2.36. The second-order valence-electron chi connectivity index (χ2n) is 2.82. The van der Waals surface area contributed by atoms with E-state index >= 15 is 0 Å². The van der Waals surface area contributed by atoms with Gasteiger partial charge in [0.2, 0.25) is 0 Å². The van der Waals surface area contributed by atoms with Crippen molar-refractivity contribution in [2.24, 2.45) is 0 Å². The lowest BCUT2D eigenvalue weighted by Gasteiger charge is -1.96.